The van der Waals surface area contributed by atoms with E-state index in [4.69, 9.17) is 0 Å². The lowest BCUT2D eigenvalue weighted by atomic mass is 9.92. The number of hydrogen-bond donors (Lipinski definition) is 2. The minimum atomic E-state index is -4.19. The Kier molecular flexibility index (Phi) is 7.11. The van der Waals surface area contributed by atoms with E-state index in [1.807, 2.05) is 74.6 Å². The van der Waals surface area contributed by atoms with E-state index >= 15 is 0 Å². The van der Waals surface area contributed by atoms with Crippen LogP contribution < -0.4 is 10.3 Å². The van der Waals surface area contributed by atoms with Gasteiger partial charge in [-0.3, -0.25) is 15.0 Å². The molecule has 2 heterocycles. The van der Waals surface area contributed by atoms with Crippen molar-refractivity contribution in [3.05, 3.63) is 125 Å². The molecule has 0 fully saturated rings. The number of carbonyl (C=O) groups is 2. The van der Waals surface area contributed by atoms with Crippen LogP contribution in [-0.4, -0.2) is 35.7 Å². The number of carbonyl (C=O) groups excluding carboxylic acids is 2. The molecule has 0 saturated carbocycles. The average Bonchev–Trinajstić information content (AvgIpc) is 3.46. The van der Waals surface area contributed by atoms with E-state index in [1.54, 1.807) is 19.1 Å². The van der Waals surface area contributed by atoms with E-state index < -0.39 is 33.8 Å². The third-order valence-corrected chi connectivity index (χ3v) is 9.24. The first-order chi connectivity index (χ1) is 20.6. The summed E-state index contributed by atoms with van der Waals surface area (Å²) in [7, 11) is -2.21. The monoisotopic (exact) mass is 596 g/mol. The Hall–Kier alpha value is -4.80. The summed E-state index contributed by atoms with van der Waals surface area (Å²) in [5, 5.41) is 0.935. The molecule has 5 aromatic rings. The Morgan fingerprint density at radius 2 is 1.56 bits per heavy atom. The summed E-state index contributed by atoms with van der Waals surface area (Å²) < 4.78 is 40.9. The average molecular weight is 597 g/mol. The van der Waals surface area contributed by atoms with Crippen molar-refractivity contribution in [3.63, 3.8) is 0 Å². The number of para-hydroxylation sites is 1. The highest BCUT2D eigenvalue weighted by Crippen LogP contribution is 2.47. The first-order valence-electron chi connectivity index (χ1n) is 13.7. The Morgan fingerprint density at radius 1 is 0.907 bits per heavy atom. The van der Waals surface area contributed by atoms with Crippen molar-refractivity contribution in [2.75, 3.05) is 0 Å². The number of hydrazine groups is 1. The number of nitrogens with zero attached hydrogens (tertiary/aromatic N) is 2. The Morgan fingerprint density at radius 3 is 2.28 bits per heavy atom. The van der Waals surface area contributed by atoms with E-state index in [0.29, 0.717) is 5.56 Å². The van der Waals surface area contributed by atoms with Crippen LogP contribution in [0, 0.1) is 12.7 Å². The summed E-state index contributed by atoms with van der Waals surface area (Å²) >= 11 is 0. The van der Waals surface area contributed by atoms with Crippen LogP contribution in [0.25, 0.3) is 22.2 Å². The van der Waals surface area contributed by atoms with Crippen LogP contribution in [0.1, 0.15) is 40.0 Å². The van der Waals surface area contributed by atoms with Gasteiger partial charge in [-0.25, -0.2) is 12.8 Å². The van der Waals surface area contributed by atoms with Gasteiger partial charge in [0.15, 0.2) is 0 Å². The number of hydrogen-bond acceptors (Lipinski definition) is 4. The van der Waals surface area contributed by atoms with Crippen molar-refractivity contribution in [3.8, 4) is 11.3 Å². The third kappa shape index (κ3) is 4.88. The van der Waals surface area contributed by atoms with Gasteiger partial charge in [0.2, 0.25) is 0 Å². The summed E-state index contributed by atoms with van der Waals surface area (Å²) in [6.45, 7) is 3.58. The lowest BCUT2D eigenvalue weighted by Crippen LogP contribution is -2.52. The van der Waals surface area contributed by atoms with Gasteiger partial charge in [0.1, 0.15) is 11.9 Å². The second-order valence-corrected chi connectivity index (χ2v) is 12.3. The summed E-state index contributed by atoms with van der Waals surface area (Å²) in [5.41, 5.74) is 8.30. The highest BCUT2D eigenvalue weighted by Gasteiger charge is 2.44. The van der Waals surface area contributed by atoms with E-state index in [-0.39, 0.29) is 10.8 Å². The van der Waals surface area contributed by atoms with Crippen LogP contribution in [0.15, 0.2) is 102 Å². The smallest absolute Gasteiger partial charge is 0.257 e. The largest absolute Gasteiger partial charge is 0.343 e. The van der Waals surface area contributed by atoms with E-state index in [9.17, 15) is 22.4 Å². The fourth-order valence-electron chi connectivity index (χ4n) is 5.81. The quantitative estimate of drug-likeness (QED) is 0.251. The first kappa shape index (κ1) is 28.3. The maximum Gasteiger partial charge on any atom is 0.257 e. The standard InChI is InChI=1S/C33H29FN4O4S/c1-20-12-14-22(15-13-20)30-29(27-10-6-7-11-28(27)37(30)3)31-25-8-4-5-9-26(25)33(40)38(31)21(2)32(39)35-36-43(41,42)24-18-16-23(34)17-19-24/h4-19,21,31,36H,1-3H3,(H,35,39). The molecule has 4 aromatic carbocycles. The predicted octanol–water partition coefficient (Wildman–Crippen LogP) is 5.24. The number of halogens is 1. The molecule has 0 aliphatic carbocycles. The van der Waals surface area contributed by atoms with Crippen LogP contribution in [0.2, 0.25) is 0 Å². The minimum Gasteiger partial charge on any atom is -0.343 e. The van der Waals surface area contributed by atoms with Gasteiger partial charge in [0, 0.05) is 29.1 Å². The zero-order valence-corrected chi connectivity index (χ0v) is 24.5. The molecule has 8 nitrogen and oxygen atoms in total. The van der Waals surface area contributed by atoms with E-state index in [1.165, 1.54) is 4.90 Å². The second kappa shape index (κ2) is 10.8. The molecular weight excluding hydrogens is 567 g/mol. The number of amides is 2. The van der Waals surface area contributed by atoms with Crippen molar-refractivity contribution in [2.45, 2.75) is 30.8 Å². The Balaban J connectivity index is 1.44. The number of aryl methyl sites for hydroxylation is 2. The van der Waals surface area contributed by atoms with Gasteiger partial charge in [0.25, 0.3) is 21.8 Å². The molecule has 0 saturated heterocycles. The predicted molar refractivity (Wildman–Crippen MR) is 162 cm³/mol. The third-order valence-electron chi connectivity index (χ3n) is 7.97. The summed E-state index contributed by atoms with van der Waals surface area (Å²) in [6.07, 6.45) is 0. The fraction of sp³-hybridized carbons (Fsp3) is 0.152. The molecule has 0 bridgehead atoms. The van der Waals surface area contributed by atoms with Gasteiger partial charge >= 0.3 is 0 Å². The van der Waals surface area contributed by atoms with E-state index in [0.717, 1.165) is 63.1 Å². The number of nitrogens with one attached hydrogen (secondary N) is 2. The van der Waals surface area contributed by atoms with Crippen LogP contribution >= 0.6 is 0 Å². The lowest BCUT2D eigenvalue weighted by molar-refractivity contribution is -0.126. The van der Waals surface area contributed by atoms with Crippen molar-refractivity contribution in [2.24, 2.45) is 7.05 Å². The molecule has 43 heavy (non-hydrogen) atoms. The van der Waals surface area contributed by atoms with Gasteiger partial charge in [-0.1, -0.05) is 66.2 Å². The molecule has 1 aromatic heterocycles. The number of benzene rings is 4. The summed E-state index contributed by atoms with van der Waals surface area (Å²) in [6, 6.07) is 25.8. The van der Waals surface area contributed by atoms with Crippen LogP contribution in [0.3, 0.4) is 0 Å². The minimum absolute atomic E-state index is 0.220. The molecule has 1 aliphatic heterocycles. The van der Waals surface area contributed by atoms with Gasteiger partial charge in [-0.2, -0.15) is 0 Å². The highest BCUT2D eigenvalue weighted by atomic mass is 32.2. The molecule has 2 amide bonds. The van der Waals surface area contributed by atoms with Crippen molar-refractivity contribution >= 4 is 32.7 Å². The first-order valence-corrected chi connectivity index (χ1v) is 15.2. The molecule has 0 spiro atoms. The number of aromatic nitrogens is 1. The SMILES string of the molecule is Cc1ccc(-c2c(C3c4ccccc4C(=O)N3C(C)C(=O)NNS(=O)(=O)c3ccc(F)cc3)c3ccccc3n2C)cc1. The van der Waals surface area contributed by atoms with Gasteiger partial charge in [-0.15, -0.1) is 4.83 Å². The molecular formula is C33H29FN4O4S. The number of sulfonamides is 1. The van der Waals surface area contributed by atoms with Gasteiger partial charge < -0.3 is 9.47 Å². The maximum absolute atomic E-state index is 14.0. The second-order valence-electron chi connectivity index (χ2n) is 10.6. The van der Waals surface area contributed by atoms with E-state index in [2.05, 4.69) is 14.8 Å². The molecule has 2 N–H and O–H groups in total. The zero-order valence-electron chi connectivity index (χ0n) is 23.7. The normalized spacial score (nSPS) is 15.5. The highest BCUT2D eigenvalue weighted by molar-refractivity contribution is 7.89. The lowest BCUT2D eigenvalue weighted by Gasteiger charge is -2.31. The van der Waals surface area contributed by atoms with Crippen LogP contribution in [0.4, 0.5) is 4.39 Å². The van der Waals surface area contributed by atoms with Crippen molar-refractivity contribution in [1.29, 1.82) is 0 Å². The van der Waals surface area contributed by atoms with Crippen LogP contribution in [-0.2, 0) is 21.9 Å². The van der Waals surface area contributed by atoms with Crippen molar-refractivity contribution < 1.29 is 22.4 Å². The molecule has 218 valence electrons. The Bertz CT molecular complexity index is 1990. The molecule has 0 radical (unpaired) electrons. The topological polar surface area (TPSA) is 101 Å². The summed E-state index contributed by atoms with van der Waals surface area (Å²) in [4.78, 5) is 30.8. The number of fused-ring (bicyclic) bond motifs is 2. The molecule has 1 aliphatic rings. The van der Waals surface area contributed by atoms with Crippen molar-refractivity contribution in [1.82, 2.24) is 19.7 Å². The van der Waals surface area contributed by atoms with Gasteiger partial charge in [0.05, 0.1) is 16.6 Å². The zero-order chi connectivity index (χ0) is 30.5. The Labute approximate surface area is 248 Å². The molecule has 2 atom stereocenters. The molecule has 10 heteroatoms. The summed E-state index contributed by atoms with van der Waals surface area (Å²) in [5.74, 6) is -1.66. The number of rotatable bonds is 7. The van der Waals surface area contributed by atoms with Gasteiger partial charge in [-0.05, 0) is 61.4 Å². The maximum atomic E-state index is 14.0. The molecule has 6 rings (SSSR count). The molecule has 2 unspecified atom stereocenters. The van der Waals surface area contributed by atoms with Crippen LogP contribution in [0.5, 0.6) is 0 Å². The fourth-order valence-corrected chi connectivity index (χ4v) is 6.66.